The number of carbonyl (C=O) groups excluding carboxylic acids is 1. The summed E-state index contributed by atoms with van der Waals surface area (Å²) in [6.45, 7) is 18.0. The lowest BCUT2D eigenvalue weighted by molar-refractivity contribution is -0.216. The summed E-state index contributed by atoms with van der Waals surface area (Å²) >= 11 is 0. The summed E-state index contributed by atoms with van der Waals surface area (Å²) in [5, 5.41) is 16.6. The first-order valence-corrected chi connectivity index (χ1v) is 17.8. The number of allylic oxidation sites excluding steroid dienone is 3. The van der Waals surface area contributed by atoms with Gasteiger partial charge in [-0.15, -0.1) is 6.58 Å². The largest absolute Gasteiger partial charge is 0.478 e. The normalized spacial score (nSPS) is 38.5. The molecule has 1 aromatic carbocycles. The number of nitrogens with one attached hydrogen (secondary N) is 2. The standard InChI is InChI=1S/C36H53N5O3.C3H6/c1-32(2)24(22-8-10-23(11-9-22)31(43)44)14-17-33(3)27(32)15-18-35(5)28(33)13-12-25-26-7-6-16-36(26,20-19-34(25,35)4)39-30(42)21-29(40-37)41-38;1-3-2/h8-11,14,25-28H,6-7,12-13,15-21,37-38H2,1-5H3,(H,39,42)(H,40,41)(H,43,44);3H,1H2,2H3/t25?,26?,27?,28?,33?,34-,35?,36?;/m1./s1. The average Bonchev–Trinajstić information content (AvgIpc) is 3.44. The van der Waals surface area contributed by atoms with E-state index in [1.807, 2.05) is 19.1 Å². The van der Waals surface area contributed by atoms with Gasteiger partial charge in [0, 0.05) is 5.54 Å². The Hall–Kier alpha value is -3.13. The number of carbonyl (C=O) groups is 2. The van der Waals surface area contributed by atoms with E-state index in [9.17, 15) is 14.7 Å². The molecule has 0 radical (unpaired) electrons. The van der Waals surface area contributed by atoms with Gasteiger partial charge in [0.1, 0.15) is 5.84 Å². The van der Waals surface area contributed by atoms with E-state index in [0.29, 0.717) is 35.1 Å². The van der Waals surface area contributed by atoms with Crippen LogP contribution in [-0.2, 0) is 4.79 Å². The van der Waals surface area contributed by atoms with Gasteiger partial charge in [0.05, 0.1) is 12.0 Å². The minimum atomic E-state index is -0.879. The lowest BCUT2D eigenvalue weighted by Gasteiger charge is -2.72. The number of fused-ring (bicyclic) bond motifs is 7. The van der Waals surface area contributed by atoms with Gasteiger partial charge in [-0.05, 0) is 133 Å². The second-order valence-corrected chi connectivity index (χ2v) is 16.6. The average molecular weight is 646 g/mol. The number of amides is 1. The first-order valence-electron chi connectivity index (χ1n) is 17.8. The number of rotatable bonds is 5. The smallest absolute Gasteiger partial charge is 0.335 e. The Morgan fingerprint density at radius 3 is 2.26 bits per heavy atom. The summed E-state index contributed by atoms with van der Waals surface area (Å²) in [5.41, 5.74) is 5.87. The van der Waals surface area contributed by atoms with Crippen molar-refractivity contribution in [3.8, 4) is 0 Å². The number of aromatic carboxylic acids is 1. The van der Waals surface area contributed by atoms with Crippen LogP contribution in [0.4, 0.5) is 0 Å². The van der Waals surface area contributed by atoms with Gasteiger partial charge in [0.2, 0.25) is 5.91 Å². The number of nitrogens with zero attached hydrogens (tertiary/aromatic N) is 1. The highest BCUT2D eigenvalue weighted by Gasteiger charge is 2.69. The molecule has 1 amide bonds. The van der Waals surface area contributed by atoms with Crippen molar-refractivity contribution in [1.82, 2.24) is 10.7 Å². The molecule has 5 aliphatic rings. The van der Waals surface area contributed by atoms with Crippen LogP contribution in [0.2, 0.25) is 0 Å². The van der Waals surface area contributed by atoms with E-state index in [-0.39, 0.29) is 39.5 Å². The predicted octanol–water partition coefficient (Wildman–Crippen LogP) is 7.42. The highest BCUT2D eigenvalue weighted by Crippen LogP contribution is 2.76. The van der Waals surface area contributed by atoms with Crippen LogP contribution >= 0.6 is 0 Å². The van der Waals surface area contributed by atoms with Crippen LogP contribution in [0.25, 0.3) is 5.57 Å². The molecule has 0 aromatic heterocycles. The fourth-order valence-electron chi connectivity index (χ4n) is 12.3. The van der Waals surface area contributed by atoms with Crippen molar-refractivity contribution in [3.63, 3.8) is 0 Å². The van der Waals surface area contributed by atoms with Crippen LogP contribution in [0, 0.1) is 45.3 Å². The maximum Gasteiger partial charge on any atom is 0.335 e. The van der Waals surface area contributed by atoms with Crippen molar-refractivity contribution in [2.45, 2.75) is 118 Å². The SMILES string of the molecule is C=CC.CC1(C)C(c2ccc(C(=O)O)cc2)=CCC2(C)C1CCC1(C)C2CCC2C3CCCC3(NC(=O)C/C(=N/N)NN)CC[C@]21C. The Bertz CT molecular complexity index is 1430. The van der Waals surface area contributed by atoms with Crippen molar-refractivity contribution >= 4 is 23.3 Å². The molecule has 0 aliphatic heterocycles. The van der Waals surface area contributed by atoms with E-state index >= 15 is 0 Å². The Morgan fingerprint density at radius 2 is 1.64 bits per heavy atom. The van der Waals surface area contributed by atoms with Gasteiger partial charge in [-0.1, -0.05) is 65.3 Å². The molecule has 7 unspecified atom stereocenters. The number of carboxylic acids is 1. The van der Waals surface area contributed by atoms with Crippen LogP contribution < -0.4 is 22.4 Å². The lowest BCUT2D eigenvalue weighted by Crippen LogP contribution is -2.67. The van der Waals surface area contributed by atoms with E-state index in [0.717, 1.165) is 31.2 Å². The Kier molecular flexibility index (Phi) is 9.52. The Morgan fingerprint density at radius 1 is 0.957 bits per heavy atom. The fourth-order valence-corrected chi connectivity index (χ4v) is 12.3. The maximum atomic E-state index is 13.2. The number of hydrazine groups is 1. The Labute approximate surface area is 282 Å². The molecule has 8 atom stereocenters. The number of hydrazone groups is 1. The number of hydrogen-bond acceptors (Lipinski definition) is 5. The molecule has 4 saturated carbocycles. The summed E-state index contributed by atoms with van der Waals surface area (Å²) in [4.78, 5) is 24.6. The molecule has 0 bridgehead atoms. The monoisotopic (exact) mass is 645 g/mol. The predicted molar refractivity (Wildman–Crippen MR) is 190 cm³/mol. The topological polar surface area (TPSA) is 143 Å². The van der Waals surface area contributed by atoms with Gasteiger partial charge < -0.3 is 21.7 Å². The zero-order valence-corrected chi connectivity index (χ0v) is 29.6. The molecule has 0 saturated heterocycles. The molecule has 8 heteroatoms. The quantitative estimate of drug-likeness (QED) is 0.0742. The Balaban J connectivity index is 0.00000139. The van der Waals surface area contributed by atoms with Crippen LogP contribution in [0.1, 0.15) is 128 Å². The highest BCUT2D eigenvalue weighted by molar-refractivity contribution is 5.99. The molecule has 6 rings (SSSR count). The second kappa shape index (κ2) is 12.7. The molecular weight excluding hydrogens is 586 g/mol. The molecule has 7 N–H and O–H groups in total. The number of hydrogen-bond donors (Lipinski definition) is 5. The summed E-state index contributed by atoms with van der Waals surface area (Å²) in [6, 6.07) is 7.50. The summed E-state index contributed by atoms with van der Waals surface area (Å²) < 4.78 is 0. The van der Waals surface area contributed by atoms with Gasteiger partial charge in [-0.2, -0.15) is 5.10 Å². The molecule has 47 heavy (non-hydrogen) atoms. The van der Waals surface area contributed by atoms with Crippen LogP contribution in [0.3, 0.4) is 0 Å². The molecule has 258 valence electrons. The highest BCUT2D eigenvalue weighted by atomic mass is 16.4. The van der Waals surface area contributed by atoms with Gasteiger partial charge in [-0.25, -0.2) is 10.6 Å². The third kappa shape index (κ3) is 5.52. The summed E-state index contributed by atoms with van der Waals surface area (Å²) in [7, 11) is 0. The van der Waals surface area contributed by atoms with Crippen molar-refractivity contribution in [1.29, 1.82) is 0 Å². The summed E-state index contributed by atoms with van der Waals surface area (Å²) in [5.74, 6) is 12.6. The molecular formula is C39H59N5O3. The fraction of sp³-hybridized carbons (Fsp3) is 0.667. The maximum absolute atomic E-state index is 13.2. The summed E-state index contributed by atoms with van der Waals surface area (Å²) in [6.07, 6.45) is 15.9. The number of nitrogens with two attached hydrogens (primary N) is 2. The van der Waals surface area contributed by atoms with Crippen molar-refractivity contribution in [3.05, 3.63) is 54.1 Å². The minimum absolute atomic E-state index is 0.00164. The second-order valence-electron chi connectivity index (χ2n) is 16.6. The van der Waals surface area contributed by atoms with E-state index in [2.05, 4.69) is 63.1 Å². The third-order valence-electron chi connectivity index (χ3n) is 14.4. The van der Waals surface area contributed by atoms with Crippen LogP contribution in [0.15, 0.2) is 48.1 Å². The van der Waals surface area contributed by atoms with E-state index in [1.54, 1.807) is 18.2 Å². The van der Waals surface area contributed by atoms with Gasteiger partial charge in [-0.3, -0.25) is 4.79 Å². The molecule has 0 spiro atoms. The number of carboxylic acid groups (broad SMARTS) is 1. The van der Waals surface area contributed by atoms with E-state index in [4.69, 9.17) is 11.7 Å². The molecule has 8 nitrogen and oxygen atoms in total. The van der Waals surface area contributed by atoms with Gasteiger partial charge in [0.15, 0.2) is 0 Å². The zero-order chi connectivity index (χ0) is 34.4. The van der Waals surface area contributed by atoms with Crippen molar-refractivity contribution in [2.75, 3.05) is 0 Å². The van der Waals surface area contributed by atoms with Gasteiger partial charge >= 0.3 is 5.97 Å². The van der Waals surface area contributed by atoms with Gasteiger partial charge in [0.25, 0.3) is 0 Å². The van der Waals surface area contributed by atoms with Crippen molar-refractivity contribution < 1.29 is 14.7 Å². The van der Waals surface area contributed by atoms with E-state index in [1.165, 1.54) is 44.1 Å². The van der Waals surface area contributed by atoms with E-state index < -0.39 is 5.97 Å². The van der Waals surface area contributed by atoms with Crippen LogP contribution in [-0.4, -0.2) is 28.4 Å². The molecule has 4 fully saturated rings. The minimum Gasteiger partial charge on any atom is -0.478 e. The lowest BCUT2D eigenvalue weighted by atomic mass is 9.33. The first kappa shape index (κ1) is 35.2. The number of benzene rings is 1. The molecule has 0 heterocycles. The first-order chi connectivity index (χ1) is 22.2. The van der Waals surface area contributed by atoms with Crippen molar-refractivity contribution in [2.24, 2.45) is 62.1 Å². The molecule has 1 aromatic rings. The number of amidine groups is 1. The molecule has 5 aliphatic carbocycles. The third-order valence-corrected chi connectivity index (χ3v) is 14.4. The zero-order valence-electron chi connectivity index (χ0n) is 29.6. The van der Waals surface area contributed by atoms with Crippen LogP contribution in [0.5, 0.6) is 0 Å².